The van der Waals surface area contributed by atoms with E-state index >= 15 is 0 Å². The molecule has 3 aromatic rings. The molecule has 0 aliphatic rings. The van der Waals surface area contributed by atoms with Gasteiger partial charge >= 0.3 is 0 Å². The fourth-order valence-corrected chi connectivity index (χ4v) is 3.86. The molecule has 0 heterocycles. The molecule has 0 aromatic heterocycles. The molecule has 3 aromatic carbocycles. The van der Waals surface area contributed by atoms with Crippen LogP contribution in [-0.2, 0) is 9.59 Å². The van der Waals surface area contributed by atoms with Gasteiger partial charge < -0.3 is 21.3 Å². The molecule has 0 saturated carbocycles. The Hall–Kier alpha value is -6.18. The Bertz CT molecular complexity index is 1540. The van der Waals surface area contributed by atoms with Crippen molar-refractivity contribution in [3.63, 3.8) is 0 Å². The predicted octanol–water partition coefficient (Wildman–Crippen LogP) is 4.10. The maximum atomic E-state index is 13.1. The molecule has 14 nitrogen and oxygen atoms in total. The molecule has 0 aliphatic carbocycles. The fraction of sp³-hybridized carbons (Fsp3) is 0.188. The third-order valence-electron chi connectivity index (χ3n) is 6.30. The molecule has 0 saturated heterocycles. The van der Waals surface area contributed by atoms with E-state index in [1.54, 1.807) is 0 Å². The average molecular weight is 629 g/mol. The lowest BCUT2D eigenvalue weighted by Gasteiger charge is -2.12. The highest BCUT2D eigenvalue weighted by molar-refractivity contribution is 6.07. The van der Waals surface area contributed by atoms with Crippen LogP contribution in [0.3, 0.4) is 0 Å². The SMILES string of the molecule is CCCNC(=O)/C(=C\c1ccc([N+](=O)[O-])cc1)NC(=O)c1ccc(C(=O)N/C(=C/c2ccc([N+](=O)[O-])cc2)C(=O)NCCC)cc1. The number of non-ortho nitro benzene ring substituents is 2. The summed E-state index contributed by atoms with van der Waals surface area (Å²) in [6.07, 6.45) is 4.08. The van der Waals surface area contributed by atoms with Crippen molar-refractivity contribution >= 4 is 47.2 Å². The van der Waals surface area contributed by atoms with Crippen LogP contribution < -0.4 is 21.3 Å². The van der Waals surface area contributed by atoms with Crippen LogP contribution in [-0.4, -0.2) is 46.6 Å². The molecule has 0 spiro atoms. The van der Waals surface area contributed by atoms with Gasteiger partial charge in [0.15, 0.2) is 0 Å². The first-order valence-corrected chi connectivity index (χ1v) is 14.2. The van der Waals surface area contributed by atoms with Crippen molar-refractivity contribution < 1.29 is 29.0 Å². The number of carbonyl (C=O) groups is 4. The molecule has 0 atom stereocenters. The second-order valence-electron chi connectivity index (χ2n) is 9.81. The van der Waals surface area contributed by atoms with E-state index in [0.29, 0.717) is 37.1 Å². The van der Waals surface area contributed by atoms with Gasteiger partial charge in [-0.15, -0.1) is 0 Å². The van der Waals surface area contributed by atoms with E-state index in [1.165, 1.54) is 84.9 Å². The van der Waals surface area contributed by atoms with Crippen LogP contribution in [0.5, 0.6) is 0 Å². The van der Waals surface area contributed by atoms with E-state index < -0.39 is 33.5 Å². The number of amides is 4. The minimum Gasteiger partial charge on any atom is -0.351 e. The van der Waals surface area contributed by atoms with Gasteiger partial charge in [0.1, 0.15) is 11.4 Å². The fourth-order valence-electron chi connectivity index (χ4n) is 3.86. The number of hydrogen-bond donors (Lipinski definition) is 4. The number of rotatable bonds is 14. The summed E-state index contributed by atoms with van der Waals surface area (Å²) < 4.78 is 0. The number of benzene rings is 3. The predicted molar refractivity (Wildman–Crippen MR) is 170 cm³/mol. The van der Waals surface area contributed by atoms with Gasteiger partial charge in [0, 0.05) is 48.5 Å². The summed E-state index contributed by atoms with van der Waals surface area (Å²) in [7, 11) is 0. The van der Waals surface area contributed by atoms with Crippen molar-refractivity contribution in [3.8, 4) is 0 Å². The number of nitrogens with one attached hydrogen (secondary N) is 4. The lowest BCUT2D eigenvalue weighted by molar-refractivity contribution is -0.385. The van der Waals surface area contributed by atoms with Crippen molar-refractivity contribution in [2.75, 3.05) is 13.1 Å². The topological polar surface area (TPSA) is 203 Å². The molecule has 0 radical (unpaired) electrons. The Kier molecular flexibility index (Phi) is 12.4. The molecule has 3 rings (SSSR count). The Balaban J connectivity index is 1.79. The van der Waals surface area contributed by atoms with Gasteiger partial charge in [-0.25, -0.2) is 0 Å². The van der Waals surface area contributed by atoms with Crippen molar-refractivity contribution in [2.24, 2.45) is 0 Å². The van der Waals surface area contributed by atoms with E-state index in [2.05, 4.69) is 21.3 Å². The van der Waals surface area contributed by atoms with E-state index in [9.17, 15) is 39.4 Å². The standard InChI is InChI=1S/C32H32N6O8/c1-3-17-33-31(41)27(19-21-5-13-25(14-6-21)37(43)44)35-29(39)23-9-11-24(12-10-23)30(40)36-28(32(42)34-18-4-2)20-22-7-15-26(16-8-22)38(45)46/h5-16,19-20H,3-4,17-18H2,1-2H3,(H,33,41)(H,34,42)(H,35,39)(H,36,40)/b27-19+,28-20+. The number of nitro benzene ring substituents is 2. The maximum Gasteiger partial charge on any atom is 0.269 e. The van der Waals surface area contributed by atoms with Gasteiger partial charge in [-0.1, -0.05) is 13.8 Å². The minimum atomic E-state index is -0.649. The molecule has 0 unspecified atom stereocenters. The molecule has 0 bridgehead atoms. The minimum absolute atomic E-state index is 0.0896. The zero-order chi connectivity index (χ0) is 33.6. The Morgan fingerprint density at radius 2 is 0.913 bits per heavy atom. The highest BCUT2D eigenvalue weighted by Crippen LogP contribution is 2.16. The van der Waals surface area contributed by atoms with Gasteiger partial charge in [-0.3, -0.25) is 39.4 Å². The largest absolute Gasteiger partial charge is 0.351 e. The van der Waals surface area contributed by atoms with Crippen molar-refractivity contribution in [1.82, 2.24) is 21.3 Å². The average Bonchev–Trinajstić information content (AvgIpc) is 3.05. The van der Waals surface area contributed by atoms with E-state index in [1.807, 2.05) is 13.8 Å². The molecule has 238 valence electrons. The Labute approximate surface area is 263 Å². The van der Waals surface area contributed by atoms with Crippen LogP contribution >= 0.6 is 0 Å². The zero-order valence-electron chi connectivity index (χ0n) is 25.1. The van der Waals surface area contributed by atoms with E-state index in [4.69, 9.17) is 0 Å². The maximum absolute atomic E-state index is 13.1. The summed E-state index contributed by atoms with van der Waals surface area (Å²) in [5.74, 6) is -2.41. The molecule has 0 fully saturated rings. The number of nitro groups is 2. The van der Waals surface area contributed by atoms with Crippen LogP contribution in [0.25, 0.3) is 12.2 Å². The third-order valence-corrected chi connectivity index (χ3v) is 6.30. The van der Waals surface area contributed by atoms with Crippen molar-refractivity contribution in [1.29, 1.82) is 0 Å². The molecular formula is C32H32N6O8. The van der Waals surface area contributed by atoms with Crippen molar-refractivity contribution in [3.05, 3.63) is 127 Å². The summed E-state index contributed by atoms with van der Waals surface area (Å²) in [5, 5.41) is 32.4. The highest BCUT2D eigenvalue weighted by Gasteiger charge is 2.18. The summed E-state index contributed by atoms with van der Waals surface area (Å²) in [6.45, 7) is 4.44. The quantitative estimate of drug-likeness (QED) is 0.116. The summed E-state index contributed by atoms with van der Waals surface area (Å²) in [6, 6.07) is 16.4. The zero-order valence-corrected chi connectivity index (χ0v) is 25.1. The first kappa shape index (κ1) is 34.3. The second-order valence-corrected chi connectivity index (χ2v) is 9.81. The first-order chi connectivity index (χ1) is 22.0. The van der Waals surface area contributed by atoms with Gasteiger partial charge in [0.05, 0.1) is 9.85 Å². The summed E-state index contributed by atoms with van der Waals surface area (Å²) in [4.78, 5) is 72.5. The van der Waals surface area contributed by atoms with Crippen LogP contribution in [0.1, 0.15) is 58.5 Å². The van der Waals surface area contributed by atoms with E-state index in [0.717, 1.165) is 0 Å². The van der Waals surface area contributed by atoms with Crippen LogP contribution in [0.2, 0.25) is 0 Å². The van der Waals surface area contributed by atoms with Crippen LogP contribution in [0.15, 0.2) is 84.2 Å². The van der Waals surface area contributed by atoms with Gasteiger partial charge in [-0.05, 0) is 84.7 Å². The number of nitrogens with zero attached hydrogens (tertiary/aromatic N) is 2. The van der Waals surface area contributed by atoms with Crippen LogP contribution in [0.4, 0.5) is 11.4 Å². The highest BCUT2D eigenvalue weighted by atomic mass is 16.6. The summed E-state index contributed by atoms with van der Waals surface area (Å²) in [5.41, 5.74) is 0.700. The number of carbonyl (C=O) groups excluding carboxylic acids is 4. The lowest BCUT2D eigenvalue weighted by Crippen LogP contribution is -2.35. The van der Waals surface area contributed by atoms with Gasteiger partial charge in [0.2, 0.25) is 0 Å². The monoisotopic (exact) mass is 628 g/mol. The summed E-state index contributed by atoms with van der Waals surface area (Å²) >= 11 is 0. The molecular weight excluding hydrogens is 596 g/mol. The normalized spacial score (nSPS) is 11.3. The second kappa shape index (κ2) is 16.6. The van der Waals surface area contributed by atoms with Gasteiger partial charge in [-0.2, -0.15) is 0 Å². The Morgan fingerprint density at radius 1 is 0.587 bits per heavy atom. The molecule has 14 heteroatoms. The Morgan fingerprint density at radius 3 is 1.20 bits per heavy atom. The third kappa shape index (κ3) is 9.94. The number of hydrogen-bond acceptors (Lipinski definition) is 8. The molecule has 0 aliphatic heterocycles. The molecule has 46 heavy (non-hydrogen) atoms. The molecule has 4 N–H and O–H groups in total. The lowest BCUT2D eigenvalue weighted by atomic mass is 10.1. The molecule has 4 amide bonds. The first-order valence-electron chi connectivity index (χ1n) is 14.2. The van der Waals surface area contributed by atoms with E-state index in [-0.39, 0.29) is 33.9 Å². The van der Waals surface area contributed by atoms with Crippen molar-refractivity contribution in [2.45, 2.75) is 26.7 Å². The smallest absolute Gasteiger partial charge is 0.269 e. The van der Waals surface area contributed by atoms with Crippen LogP contribution in [0, 0.1) is 20.2 Å². The van der Waals surface area contributed by atoms with Gasteiger partial charge in [0.25, 0.3) is 35.0 Å².